The number of carbonyl (C=O) groups excluding carboxylic acids is 1. The molecule has 0 bridgehead atoms. The molecule has 0 spiro atoms. The lowest BCUT2D eigenvalue weighted by atomic mass is 10.2. The van der Waals surface area contributed by atoms with Crippen molar-refractivity contribution >= 4 is 11.6 Å². The van der Waals surface area contributed by atoms with Gasteiger partial charge in [0.05, 0.1) is 13.2 Å². The Morgan fingerprint density at radius 2 is 2.29 bits per heavy atom. The minimum absolute atomic E-state index is 0.373. The van der Waals surface area contributed by atoms with Crippen LogP contribution in [0.2, 0.25) is 0 Å². The van der Waals surface area contributed by atoms with E-state index in [0.717, 1.165) is 11.3 Å². The lowest BCUT2D eigenvalue weighted by Gasteiger charge is -2.12. The Balaban J connectivity index is 2.73. The van der Waals surface area contributed by atoms with E-state index in [4.69, 9.17) is 15.6 Å². The number of aliphatic hydroxyl groups excluding tert-OH is 1. The summed E-state index contributed by atoms with van der Waals surface area (Å²) in [5.74, 6) is 0.382. The molecule has 4 N–H and O–H groups in total. The number of ether oxygens (including phenoxy) is 1. The van der Waals surface area contributed by atoms with Gasteiger partial charge in [-0.1, -0.05) is 0 Å². The molecule has 0 saturated heterocycles. The molecule has 5 heteroatoms. The average Bonchev–Trinajstić information content (AvgIpc) is 2.31. The van der Waals surface area contributed by atoms with Crippen LogP contribution in [-0.2, 0) is 4.79 Å². The summed E-state index contributed by atoms with van der Waals surface area (Å²) in [4.78, 5) is 11.4. The minimum Gasteiger partial charge on any atom is -0.494 e. The van der Waals surface area contributed by atoms with Gasteiger partial charge in [0, 0.05) is 5.69 Å². The van der Waals surface area contributed by atoms with Crippen LogP contribution in [-0.4, -0.2) is 30.3 Å². The molecule has 1 aromatic rings. The zero-order valence-corrected chi connectivity index (χ0v) is 10.1. The first kappa shape index (κ1) is 13.5. The number of anilines is 1. The molecule has 0 radical (unpaired) electrons. The smallest absolute Gasteiger partial charge is 0.243 e. The third-order valence-electron chi connectivity index (χ3n) is 2.28. The van der Waals surface area contributed by atoms with Crippen LogP contribution >= 0.6 is 0 Å². The monoisotopic (exact) mass is 238 g/mol. The van der Waals surface area contributed by atoms with Gasteiger partial charge in [0.1, 0.15) is 11.8 Å². The number of aliphatic hydroxyl groups is 1. The van der Waals surface area contributed by atoms with Gasteiger partial charge in [-0.3, -0.25) is 4.79 Å². The zero-order chi connectivity index (χ0) is 12.8. The maximum atomic E-state index is 11.4. The SMILES string of the molecule is CCOc1ccc(NC(=O)C(N)CO)cc1C. The molecule has 0 saturated carbocycles. The summed E-state index contributed by atoms with van der Waals surface area (Å²) < 4.78 is 5.39. The highest BCUT2D eigenvalue weighted by Gasteiger charge is 2.12. The van der Waals surface area contributed by atoms with Crippen LogP contribution in [0, 0.1) is 6.92 Å². The fourth-order valence-electron chi connectivity index (χ4n) is 1.36. The standard InChI is InChI=1S/C12H18N2O3/c1-3-17-11-5-4-9(6-8(11)2)14-12(16)10(13)7-15/h4-6,10,15H,3,7,13H2,1-2H3,(H,14,16). The van der Waals surface area contributed by atoms with Crippen LogP contribution in [0.5, 0.6) is 5.75 Å². The summed E-state index contributed by atoms with van der Waals surface area (Å²) in [5.41, 5.74) is 6.96. The Morgan fingerprint density at radius 1 is 1.59 bits per heavy atom. The molecular formula is C12H18N2O3. The van der Waals surface area contributed by atoms with Crippen LogP contribution in [0.3, 0.4) is 0 Å². The molecule has 0 heterocycles. The van der Waals surface area contributed by atoms with Gasteiger partial charge in [-0.15, -0.1) is 0 Å². The second kappa shape index (κ2) is 6.22. The molecule has 0 aliphatic rings. The number of aryl methyl sites for hydroxylation is 1. The van der Waals surface area contributed by atoms with Crippen LogP contribution in [0.15, 0.2) is 18.2 Å². The molecule has 1 aromatic carbocycles. The predicted molar refractivity (Wildman–Crippen MR) is 66.0 cm³/mol. The Hall–Kier alpha value is -1.59. The second-order valence-electron chi connectivity index (χ2n) is 3.69. The summed E-state index contributed by atoms with van der Waals surface area (Å²) in [6.07, 6.45) is 0. The summed E-state index contributed by atoms with van der Waals surface area (Å²) in [5, 5.41) is 11.4. The normalized spacial score (nSPS) is 12.0. The van der Waals surface area contributed by atoms with E-state index in [2.05, 4.69) is 5.32 Å². The Labute approximate surface area is 101 Å². The van der Waals surface area contributed by atoms with Gasteiger partial charge in [0.25, 0.3) is 0 Å². The first-order valence-corrected chi connectivity index (χ1v) is 5.49. The van der Waals surface area contributed by atoms with Gasteiger partial charge >= 0.3 is 0 Å². The van der Waals surface area contributed by atoms with Crippen LogP contribution in [0.4, 0.5) is 5.69 Å². The van der Waals surface area contributed by atoms with Gasteiger partial charge in [-0.2, -0.15) is 0 Å². The van der Waals surface area contributed by atoms with Gasteiger partial charge in [-0.05, 0) is 37.6 Å². The van der Waals surface area contributed by atoms with Gasteiger partial charge < -0.3 is 20.9 Å². The molecule has 0 aromatic heterocycles. The average molecular weight is 238 g/mol. The molecule has 0 fully saturated rings. The Morgan fingerprint density at radius 3 is 2.82 bits per heavy atom. The molecule has 1 amide bonds. The fourth-order valence-corrected chi connectivity index (χ4v) is 1.36. The van der Waals surface area contributed by atoms with Crippen molar-refractivity contribution < 1.29 is 14.6 Å². The van der Waals surface area contributed by atoms with E-state index in [1.165, 1.54) is 0 Å². The first-order valence-electron chi connectivity index (χ1n) is 5.49. The van der Waals surface area contributed by atoms with Crippen molar-refractivity contribution in [3.8, 4) is 5.75 Å². The van der Waals surface area contributed by atoms with Crippen LogP contribution in [0.1, 0.15) is 12.5 Å². The molecule has 1 rings (SSSR count). The highest BCUT2D eigenvalue weighted by Crippen LogP contribution is 2.21. The zero-order valence-electron chi connectivity index (χ0n) is 10.1. The van der Waals surface area contributed by atoms with Crippen molar-refractivity contribution in [2.24, 2.45) is 5.73 Å². The van der Waals surface area contributed by atoms with Crippen LogP contribution < -0.4 is 15.8 Å². The second-order valence-corrected chi connectivity index (χ2v) is 3.69. The molecular weight excluding hydrogens is 220 g/mol. The van der Waals surface area contributed by atoms with E-state index < -0.39 is 11.9 Å². The van der Waals surface area contributed by atoms with E-state index in [9.17, 15) is 4.79 Å². The topological polar surface area (TPSA) is 84.6 Å². The third kappa shape index (κ3) is 3.72. The molecule has 0 aliphatic carbocycles. The molecule has 0 aliphatic heterocycles. The number of nitrogens with one attached hydrogen (secondary N) is 1. The van der Waals surface area contributed by atoms with Crippen molar-refractivity contribution in [3.63, 3.8) is 0 Å². The molecule has 5 nitrogen and oxygen atoms in total. The largest absolute Gasteiger partial charge is 0.494 e. The lowest BCUT2D eigenvalue weighted by Crippen LogP contribution is -2.38. The number of nitrogens with two attached hydrogens (primary N) is 1. The minimum atomic E-state index is -0.901. The lowest BCUT2D eigenvalue weighted by molar-refractivity contribution is -0.118. The number of hydrogen-bond donors (Lipinski definition) is 3. The number of amides is 1. The van der Waals surface area contributed by atoms with Gasteiger partial charge in [-0.25, -0.2) is 0 Å². The van der Waals surface area contributed by atoms with Gasteiger partial charge in [0.15, 0.2) is 0 Å². The van der Waals surface area contributed by atoms with E-state index in [1.54, 1.807) is 18.2 Å². The number of rotatable bonds is 5. The molecule has 94 valence electrons. The van der Waals surface area contributed by atoms with Crippen molar-refractivity contribution in [2.75, 3.05) is 18.5 Å². The number of hydrogen-bond acceptors (Lipinski definition) is 4. The third-order valence-corrected chi connectivity index (χ3v) is 2.28. The van der Waals surface area contributed by atoms with Crippen molar-refractivity contribution in [1.29, 1.82) is 0 Å². The number of benzene rings is 1. The summed E-state index contributed by atoms with van der Waals surface area (Å²) in [6.45, 7) is 4.03. The first-order chi connectivity index (χ1) is 8.08. The Kier molecular flexibility index (Phi) is 4.93. The van der Waals surface area contributed by atoms with E-state index in [0.29, 0.717) is 12.3 Å². The number of carbonyl (C=O) groups is 1. The molecule has 17 heavy (non-hydrogen) atoms. The quantitative estimate of drug-likeness (QED) is 0.703. The molecule has 1 atom stereocenters. The summed E-state index contributed by atoms with van der Waals surface area (Å²) >= 11 is 0. The van der Waals surface area contributed by atoms with Crippen LogP contribution in [0.25, 0.3) is 0 Å². The fraction of sp³-hybridized carbons (Fsp3) is 0.417. The maximum absolute atomic E-state index is 11.4. The highest BCUT2D eigenvalue weighted by molar-refractivity contribution is 5.94. The molecule has 1 unspecified atom stereocenters. The summed E-state index contributed by atoms with van der Waals surface area (Å²) in [7, 11) is 0. The predicted octanol–water partition coefficient (Wildman–Crippen LogP) is 0.652. The maximum Gasteiger partial charge on any atom is 0.243 e. The summed E-state index contributed by atoms with van der Waals surface area (Å²) in [6, 6.07) is 4.42. The van der Waals surface area contributed by atoms with Crippen molar-refractivity contribution in [3.05, 3.63) is 23.8 Å². The van der Waals surface area contributed by atoms with E-state index in [1.807, 2.05) is 13.8 Å². The highest BCUT2D eigenvalue weighted by atomic mass is 16.5. The van der Waals surface area contributed by atoms with Crippen molar-refractivity contribution in [2.45, 2.75) is 19.9 Å². The Bertz CT molecular complexity index is 393. The van der Waals surface area contributed by atoms with Crippen molar-refractivity contribution in [1.82, 2.24) is 0 Å². The van der Waals surface area contributed by atoms with Gasteiger partial charge in [0.2, 0.25) is 5.91 Å². The van der Waals surface area contributed by atoms with E-state index in [-0.39, 0.29) is 6.61 Å². The van der Waals surface area contributed by atoms with E-state index >= 15 is 0 Å².